The van der Waals surface area contributed by atoms with Crippen LogP contribution in [0, 0.1) is 11.7 Å². The van der Waals surface area contributed by atoms with Crippen LogP contribution >= 0.6 is 0 Å². The van der Waals surface area contributed by atoms with Gasteiger partial charge in [0.15, 0.2) is 0 Å². The fraction of sp³-hybridized carbons (Fsp3) is 0.500. The first-order chi connectivity index (χ1) is 8.63. The smallest absolute Gasteiger partial charge is 0.224 e. The predicted molar refractivity (Wildman–Crippen MR) is 68.7 cm³/mol. The second kappa shape index (κ2) is 5.96. The highest BCUT2D eigenvalue weighted by atomic mass is 19.1. The number of benzene rings is 1. The third kappa shape index (κ3) is 3.81. The number of rotatable bonds is 3. The Hall–Kier alpha value is -1.42. The highest BCUT2D eigenvalue weighted by molar-refractivity contribution is 5.78. The van der Waals surface area contributed by atoms with Crippen molar-refractivity contribution in [3.05, 3.63) is 35.6 Å². The van der Waals surface area contributed by atoms with Crippen molar-refractivity contribution in [2.45, 2.75) is 25.8 Å². The summed E-state index contributed by atoms with van der Waals surface area (Å²) in [5.41, 5.74) is 0.839. The van der Waals surface area contributed by atoms with Gasteiger partial charge in [0.2, 0.25) is 5.91 Å². The molecule has 0 bridgehead atoms. The Morgan fingerprint density at radius 1 is 1.39 bits per heavy atom. The van der Waals surface area contributed by atoms with Crippen LogP contribution in [0.25, 0.3) is 0 Å². The van der Waals surface area contributed by atoms with Crippen molar-refractivity contribution < 1.29 is 9.18 Å². The molecule has 0 saturated carbocycles. The molecule has 0 spiro atoms. The van der Waals surface area contributed by atoms with Crippen LogP contribution in [-0.4, -0.2) is 25.0 Å². The molecule has 1 heterocycles. The summed E-state index contributed by atoms with van der Waals surface area (Å²) in [5.74, 6) is 0.321. The summed E-state index contributed by atoms with van der Waals surface area (Å²) in [7, 11) is 0. The van der Waals surface area contributed by atoms with Gasteiger partial charge in [0.25, 0.3) is 0 Å². The van der Waals surface area contributed by atoms with Gasteiger partial charge in [-0.05, 0) is 36.6 Å². The average Bonchev–Trinajstić information content (AvgIpc) is 2.32. The van der Waals surface area contributed by atoms with Gasteiger partial charge in [0.05, 0.1) is 6.42 Å². The topological polar surface area (TPSA) is 41.1 Å². The summed E-state index contributed by atoms with van der Waals surface area (Å²) in [4.78, 5) is 11.8. The summed E-state index contributed by atoms with van der Waals surface area (Å²) in [6, 6.07) is 6.27. The van der Waals surface area contributed by atoms with Crippen molar-refractivity contribution in [3.63, 3.8) is 0 Å². The molecular weight excluding hydrogens is 231 g/mol. The molecule has 18 heavy (non-hydrogen) atoms. The first-order valence-electron chi connectivity index (χ1n) is 6.38. The molecule has 1 aliphatic heterocycles. The minimum absolute atomic E-state index is 0.00232. The maximum absolute atomic E-state index is 12.7. The average molecular weight is 250 g/mol. The maximum atomic E-state index is 12.7. The van der Waals surface area contributed by atoms with E-state index in [0.717, 1.165) is 25.1 Å². The first-order valence-corrected chi connectivity index (χ1v) is 6.38. The van der Waals surface area contributed by atoms with E-state index >= 15 is 0 Å². The van der Waals surface area contributed by atoms with Crippen LogP contribution in [0.4, 0.5) is 4.39 Å². The van der Waals surface area contributed by atoms with Crippen molar-refractivity contribution in [2.75, 3.05) is 13.1 Å². The minimum atomic E-state index is -0.274. The normalized spacial score (nSPS) is 23.7. The second-order valence-corrected chi connectivity index (χ2v) is 5.07. The van der Waals surface area contributed by atoms with Crippen LogP contribution < -0.4 is 10.6 Å². The molecule has 3 nitrogen and oxygen atoms in total. The zero-order chi connectivity index (χ0) is 13.0. The van der Waals surface area contributed by atoms with Crippen LogP contribution in [-0.2, 0) is 11.2 Å². The van der Waals surface area contributed by atoms with E-state index in [1.54, 1.807) is 12.1 Å². The molecule has 4 heteroatoms. The van der Waals surface area contributed by atoms with Crippen molar-refractivity contribution in [2.24, 2.45) is 5.92 Å². The molecule has 2 N–H and O–H groups in total. The second-order valence-electron chi connectivity index (χ2n) is 5.07. The Balaban J connectivity index is 1.83. The fourth-order valence-electron chi connectivity index (χ4n) is 2.33. The Kier molecular flexibility index (Phi) is 4.31. The molecule has 1 aromatic carbocycles. The molecule has 2 atom stereocenters. The molecule has 0 radical (unpaired) electrons. The van der Waals surface area contributed by atoms with Gasteiger partial charge in [0, 0.05) is 12.6 Å². The highest BCUT2D eigenvalue weighted by Crippen LogP contribution is 2.10. The van der Waals surface area contributed by atoms with Gasteiger partial charge < -0.3 is 10.6 Å². The molecule has 0 aromatic heterocycles. The van der Waals surface area contributed by atoms with E-state index in [1.807, 2.05) is 0 Å². The van der Waals surface area contributed by atoms with Crippen LogP contribution in [0.3, 0.4) is 0 Å². The number of amides is 1. The quantitative estimate of drug-likeness (QED) is 0.853. The zero-order valence-electron chi connectivity index (χ0n) is 10.6. The molecule has 1 fully saturated rings. The van der Waals surface area contributed by atoms with Crippen LogP contribution in [0.5, 0.6) is 0 Å². The Bertz CT molecular complexity index is 405. The standard InChI is InChI=1S/C14H19FN2O/c1-10-6-13(9-16-8-10)17-14(18)7-11-2-4-12(15)5-3-11/h2-5,10,13,16H,6-9H2,1H3,(H,17,18). The molecule has 1 aromatic rings. The first kappa shape index (κ1) is 13.0. The van der Waals surface area contributed by atoms with Crippen LogP contribution in [0.2, 0.25) is 0 Å². The number of piperidine rings is 1. The van der Waals surface area contributed by atoms with Gasteiger partial charge in [-0.3, -0.25) is 4.79 Å². The van der Waals surface area contributed by atoms with Crippen molar-refractivity contribution in [1.82, 2.24) is 10.6 Å². The molecule has 1 saturated heterocycles. The lowest BCUT2D eigenvalue weighted by molar-refractivity contribution is -0.121. The van der Waals surface area contributed by atoms with E-state index in [9.17, 15) is 9.18 Å². The van der Waals surface area contributed by atoms with Crippen molar-refractivity contribution >= 4 is 5.91 Å². The number of hydrogen-bond donors (Lipinski definition) is 2. The number of nitrogens with one attached hydrogen (secondary N) is 2. The van der Waals surface area contributed by atoms with E-state index in [0.29, 0.717) is 12.3 Å². The number of carbonyl (C=O) groups is 1. The Morgan fingerprint density at radius 3 is 2.78 bits per heavy atom. The lowest BCUT2D eigenvalue weighted by Gasteiger charge is -2.28. The third-order valence-corrected chi connectivity index (χ3v) is 3.21. The Labute approximate surface area is 107 Å². The van der Waals surface area contributed by atoms with Gasteiger partial charge in [-0.2, -0.15) is 0 Å². The summed E-state index contributed by atoms with van der Waals surface area (Å²) in [5, 5.41) is 6.31. The number of hydrogen-bond acceptors (Lipinski definition) is 2. The highest BCUT2D eigenvalue weighted by Gasteiger charge is 2.19. The fourth-order valence-corrected chi connectivity index (χ4v) is 2.33. The van der Waals surface area contributed by atoms with Crippen LogP contribution in [0.15, 0.2) is 24.3 Å². The molecular formula is C14H19FN2O. The van der Waals surface area contributed by atoms with Gasteiger partial charge in [-0.1, -0.05) is 19.1 Å². The summed E-state index contributed by atoms with van der Waals surface area (Å²) in [6.07, 6.45) is 1.33. The van der Waals surface area contributed by atoms with E-state index in [1.165, 1.54) is 12.1 Å². The summed E-state index contributed by atoms with van der Waals surface area (Å²) < 4.78 is 12.7. The van der Waals surface area contributed by atoms with E-state index in [4.69, 9.17) is 0 Å². The van der Waals surface area contributed by atoms with E-state index in [2.05, 4.69) is 17.6 Å². The monoisotopic (exact) mass is 250 g/mol. The van der Waals surface area contributed by atoms with Crippen molar-refractivity contribution in [1.29, 1.82) is 0 Å². The largest absolute Gasteiger partial charge is 0.352 e. The van der Waals surface area contributed by atoms with Crippen molar-refractivity contribution in [3.8, 4) is 0 Å². The van der Waals surface area contributed by atoms with Gasteiger partial charge in [-0.25, -0.2) is 4.39 Å². The lowest BCUT2D eigenvalue weighted by Crippen LogP contribution is -2.48. The van der Waals surface area contributed by atoms with Gasteiger partial charge in [0.1, 0.15) is 5.82 Å². The van der Waals surface area contributed by atoms with Gasteiger partial charge in [-0.15, -0.1) is 0 Å². The van der Waals surface area contributed by atoms with E-state index in [-0.39, 0.29) is 17.8 Å². The number of halogens is 1. The Morgan fingerprint density at radius 2 is 2.11 bits per heavy atom. The summed E-state index contributed by atoms with van der Waals surface area (Å²) in [6.45, 7) is 4.02. The maximum Gasteiger partial charge on any atom is 0.224 e. The summed E-state index contributed by atoms with van der Waals surface area (Å²) >= 11 is 0. The van der Waals surface area contributed by atoms with Gasteiger partial charge >= 0.3 is 0 Å². The molecule has 98 valence electrons. The minimum Gasteiger partial charge on any atom is -0.352 e. The molecule has 1 amide bonds. The third-order valence-electron chi connectivity index (χ3n) is 3.21. The number of carbonyl (C=O) groups excluding carboxylic acids is 1. The molecule has 2 rings (SSSR count). The molecule has 0 aliphatic carbocycles. The SMILES string of the molecule is CC1CNCC(NC(=O)Cc2ccc(F)cc2)C1. The zero-order valence-corrected chi connectivity index (χ0v) is 10.6. The molecule has 1 aliphatic rings. The predicted octanol–water partition coefficient (Wildman–Crippen LogP) is 1.48. The van der Waals surface area contributed by atoms with Crippen LogP contribution in [0.1, 0.15) is 18.9 Å². The van der Waals surface area contributed by atoms with E-state index < -0.39 is 0 Å². The molecule has 2 unspecified atom stereocenters. The lowest BCUT2D eigenvalue weighted by atomic mass is 9.97.